The molecule has 0 fully saturated rings. The van der Waals surface area contributed by atoms with Gasteiger partial charge in [0.25, 0.3) is 0 Å². The highest BCUT2D eigenvalue weighted by Gasteiger charge is 2.13. The van der Waals surface area contributed by atoms with Crippen LogP contribution in [0.5, 0.6) is 17.2 Å². The first-order valence-electron chi connectivity index (χ1n) is 6.98. The third-order valence-electron chi connectivity index (χ3n) is 3.10. The summed E-state index contributed by atoms with van der Waals surface area (Å²) in [7, 11) is 2.68. The zero-order valence-electron chi connectivity index (χ0n) is 13.2. The van der Waals surface area contributed by atoms with E-state index in [0.29, 0.717) is 0 Å². The van der Waals surface area contributed by atoms with Gasteiger partial charge in [-0.25, -0.2) is 9.59 Å². The molecule has 2 aromatic rings. The second-order valence-electron chi connectivity index (χ2n) is 4.70. The minimum absolute atomic E-state index is 0.144. The van der Waals surface area contributed by atoms with Crippen LogP contribution >= 0.6 is 0 Å². The van der Waals surface area contributed by atoms with Gasteiger partial charge >= 0.3 is 11.9 Å². The third kappa shape index (κ3) is 4.36. The molecule has 6 heteroatoms. The molecule has 0 bridgehead atoms. The molecule has 24 heavy (non-hydrogen) atoms. The first-order chi connectivity index (χ1) is 11.5. The van der Waals surface area contributed by atoms with E-state index >= 15 is 0 Å². The number of hydrogen-bond acceptors (Lipinski definition) is 6. The van der Waals surface area contributed by atoms with Crippen LogP contribution in [0.3, 0.4) is 0 Å². The largest absolute Gasteiger partial charge is 0.508 e. The van der Waals surface area contributed by atoms with E-state index in [-0.39, 0.29) is 22.8 Å². The molecular formula is C18H16O6. The van der Waals surface area contributed by atoms with Crippen molar-refractivity contribution >= 4 is 18.0 Å². The average Bonchev–Trinajstić information content (AvgIpc) is 2.60. The topological polar surface area (TPSA) is 82.1 Å². The number of phenols is 1. The van der Waals surface area contributed by atoms with Gasteiger partial charge < -0.3 is 19.3 Å². The zero-order chi connectivity index (χ0) is 17.5. The Morgan fingerprint density at radius 1 is 1.00 bits per heavy atom. The fourth-order valence-electron chi connectivity index (χ4n) is 1.89. The van der Waals surface area contributed by atoms with Gasteiger partial charge in [0.15, 0.2) is 11.5 Å². The summed E-state index contributed by atoms with van der Waals surface area (Å²) in [6.45, 7) is 0. The van der Waals surface area contributed by atoms with Gasteiger partial charge in [0, 0.05) is 6.08 Å². The average molecular weight is 328 g/mol. The van der Waals surface area contributed by atoms with E-state index < -0.39 is 11.9 Å². The van der Waals surface area contributed by atoms with Crippen molar-refractivity contribution in [2.24, 2.45) is 0 Å². The maximum absolute atomic E-state index is 11.9. The molecule has 6 nitrogen and oxygen atoms in total. The van der Waals surface area contributed by atoms with Crippen LogP contribution in [0.2, 0.25) is 0 Å². The van der Waals surface area contributed by atoms with E-state index in [1.54, 1.807) is 18.2 Å². The van der Waals surface area contributed by atoms with Crippen LogP contribution in [-0.4, -0.2) is 31.3 Å². The predicted molar refractivity (Wildman–Crippen MR) is 87.1 cm³/mol. The van der Waals surface area contributed by atoms with Crippen molar-refractivity contribution in [1.29, 1.82) is 0 Å². The van der Waals surface area contributed by atoms with Gasteiger partial charge in [-0.15, -0.1) is 0 Å². The Bertz CT molecular complexity index is 762. The summed E-state index contributed by atoms with van der Waals surface area (Å²) in [5, 5.41) is 9.20. The first-order valence-corrected chi connectivity index (χ1v) is 6.98. The molecule has 2 aromatic carbocycles. The molecule has 0 spiro atoms. The molecule has 0 saturated heterocycles. The monoisotopic (exact) mass is 328 g/mol. The SMILES string of the molecule is COC(=O)c1ccc(OC(=O)C=Cc2ccc(O)cc2)c(OC)c1. The number of aromatic hydroxyl groups is 1. The lowest BCUT2D eigenvalue weighted by Gasteiger charge is -2.09. The normalized spacial score (nSPS) is 10.4. The fourth-order valence-corrected chi connectivity index (χ4v) is 1.89. The summed E-state index contributed by atoms with van der Waals surface area (Å²) in [4.78, 5) is 23.4. The molecule has 2 rings (SSSR count). The standard InChI is InChI=1S/C18H16O6/c1-22-16-11-13(18(21)23-2)6-9-15(16)24-17(20)10-5-12-3-7-14(19)8-4-12/h3-11,19H,1-2H3. The molecule has 0 saturated carbocycles. The number of phenolic OH excluding ortho intramolecular Hbond substituents is 1. The van der Waals surface area contributed by atoms with Crippen molar-refractivity contribution in [3.63, 3.8) is 0 Å². The number of esters is 2. The number of carbonyl (C=O) groups is 2. The van der Waals surface area contributed by atoms with E-state index in [9.17, 15) is 14.7 Å². The molecule has 0 heterocycles. The zero-order valence-corrected chi connectivity index (χ0v) is 13.2. The molecule has 0 aliphatic rings. The summed E-state index contributed by atoms with van der Waals surface area (Å²) in [5.74, 6) is -0.550. The van der Waals surface area contributed by atoms with Gasteiger partial charge in [0.1, 0.15) is 5.75 Å². The van der Waals surface area contributed by atoms with Gasteiger partial charge in [-0.3, -0.25) is 0 Å². The minimum atomic E-state index is -0.604. The summed E-state index contributed by atoms with van der Waals surface area (Å²) in [6.07, 6.45) is 2.80. The number of rotatable bonds is 5. The molecule has 0 amide bonds. The summed E-state index contributed by atoms with van der Waals surface area (Å²) in [5.41, 5.74) is 1.02. The highest BCUT2D eigenvalue weighted by molar-refractivity contribution is 5.91. The van der Waals surface area contributed by atoms with Crippen LogP contribution in [-0.2, 0) is 9.53 Å². The molecule has 0 aromatic heterocycles. The van der Waals surface area contributed by atoms with Gasteiger partial charge in [0.05, 0.1) is 19.8 Å². The Hall–Kier alpha value is -3.28. The van der Waals surface area contributed by atoms with Gasteiger partial charge in [-0.1, -0.05) is 12.1 Å². The molecule has 0 unspecified atom stereocenters. The predicted octanol–water partition coefficient (Wildman–Crippen LogP) is 2.81. The number of methoxy groups -OCH3 is 2. The Labute approximate surface area is 138 Å². The lowest BCUT2D eigenvalue weighted by molar-refractivity contribution is -0.129. The minimum Gasteiger partial charge on any atom is -0.508 e. The maximum Gasteiger partial charge on any atom is 0.337 e. The molecule has 1 N–H and O–H groups in total. The lowest BCUT2D eigenvalue weighted by Crippen LogP contribution is -2.07. The lowest BCUT2D eigenvalue weighted by atomic mass is 10.2. The summed E-state index contributed by atoms with van der Waals surface area (Å²) in [6, 6.07) is 10.7. The van der Waals surface area contributed by atoms with Crippen LogP contribution in [0.25, 0.3) is 6.08 Å². The van der Waals surface area contributed by atoms with Crippen molar-refractivity contribution < 1.29 is 28.9 Å². The van der Waals surface area contributed by atoms with E-state index in [1.807, 2.05) is 0 Å². The number of hydrogen-bond donors (Lipinski definition) is 1. The molecule has 124 valence electrons. The van der Waals surface area contributed by atoms with Crippen molar-refractivity contribution in [2.75, 3.05) is 14.2 Å². The molecule has 0 aliphatic carbocycles. The van der Waals surface area contributed by atoms with Gasteiger partial charge in [0.2, 0.25) is 0 Å². The van der Waals surface area contributed by atoms with Crippen LogP contribution < -0.4 is 9.47 Å². The van der Waals surface area contributed by atoms with Crippen LogP contribution in [0.4, 0.5) is 0 Å². The van der Waals surface area contributed by atoms with E-state index in [1.165, 1.54) is 50.6 Å². The highest BCUT2D eigenvalue weighted by Crippen LogP contribution is 2.28. The Morgan fingerprint density at radius 3 is 2.33 bits per heavy atom. The number of ether oxygens (including phenoxy) is 3. The van der Waals surface area contributed by atoms with Gasteiger partial charge in [-0.05, 0) is 42.0 Å². The van der Waals surface area contributed by atoms with E-state index in [0.717, 1.165) is 5.56 Å². The maximum atomic E-state index is 11.9. The molecule has 0 atom stereocenters. The second kappa shape index (κ2) is 7.82. The van der Waals surface area contributed by atoms with E-state index in [2.05, 4.69) is 4.74 Å². The van der Waals surface area contributed by atoms with Crippen molar-refractivity contribution in [3.8, 4) is 17.2 Å². The number of benzene rings is 2. The van der Waals surface area contributed by atoms with Crippen molar-refractivity contribution in [2.45, 2.75) is 0 Å². The smallest absolute Gasteiger partial charge is 0.337 e. The van der Waals surface area contributed by atoms with Crippen molar-refractivity contribution in [3.05, 3.63) is 59.7 Å². The molecule has 0 aliphatic heterocycles. The van der Waals surface area contributed by atoms with Crippen LogP contribution in [0.15, 0.2) is 48.5 Å². The fraction of sp³-hybridized carbons (Fsp3) is 0.111. The van der Waals surface area contributed by atoms with Crippen molar-refractivity contribution in [1.82, 2.24) is 0 Å². The second-order valence-corrected chi connectivity index (χ2v) is 4.70. The van der Waals surface area contributed by atoms with Crippen LogP contribution in [0, 0.1) is 0 Å². The first kappa shape index (κ1) is 17.1. The molecular weight excluding hydrogens is 312 g/mol. The van der Waals surface area contributed by atoms with Crippen LogP contribution in [0.1, 0.15) is 15.9 Å². The summed E-state index contributed by atoms with van der Waals surface area (Å²) >= 11 is 0. The Kier molecular flexibility index (Phi) is 5.57. The Balaban J connectivity index is 2.10. The third-order valence-corrected chi connectivity index (χ3v) is 3.10. The van der Waals surface area contributed by atoms with Gasteiger partial charge in [-0.2, -0.15) is 0 Å². The summed E-state index contributed by atoms with van der Waals surface area (Å²) < 4.78 is 14.9. The van der Waals surface area contributed by atoms with E-state index in [4.69, 9.17) is 9.47 Å². The highest BCUT2D eigenvalue weighted by atomic mass is 16.6. The molecule has 0 radical (unpaired) electrons. The number of carbonyl (C=O) groups excluding carboxylic acids is 2. The quantitative estimate of drug-likeness (QED) is 0.516. The Morgan fingerprint density at radius 2 is 1.71 bits per heavy atom.